The van der Waals surface area contributed by atoms with E-state index < -0.39 is 0 Å². The molecule has 1 aromatic carbocycles. The average Bonchev–Trinajstić information content (AvgIpc) is 2.29. The van der Waals surface area contributed by atoms with E-state index in [2.05, 4.69) is 38.2 Å². The molecule has 0 fully saturated rings. The lowest BCUT2D eigenvalue weighted by Gasteiger charge is -2.08. The lowest BCUT2D eigenvalue weighted by atomic mass is 10.1. The molecule has 1 rings (SSSR count). The molecular weight excluding hydrogens is 234 g/mol. The fraction of sp³-hybridized carbons (Fsp3) is 0.429. The summed E-state index contributed by atoms with van der Waals surface area (Å²) in [5, 5.41) is 3.23. The number of hydrogen-bond donors (Lipinski definition) is 1. The number of aryl methyl sites for hydroxylation is 1. The summed E-state index contributed by atoms with van der Waals surface area (Å²) in [7, 11) is 0. The van der Waals surface area contributed by atoms with Crippen molar-refractivity contribution in [2.75, 3.05) is 19.7 Å². The molecule has 0 aliphatic heterocycles. The van der Waals surface area contributed by atoms with Gasteiger partial charge in [-0.3, -0.25) is 0 Å². The van der Waals surface area contributed by atoms with Crippen LogP contribution >= 0.6 is 12.4 Å². The zero-order valence-electron chi connectivity index (χ0n) is 10.8. The molecule has 1 N–H and O–H groups in total. The van der Waals surface area contributed by atoms with Gasteiger partial charge in [-0.2, -0.15) is 0 Å². The molecule has 0 amide bonds. The molecule has 0 aliphatic rings. The first-order valence-corrected chi connectivity index (χ1v) is 5.80. The smallest absolute Gasteiger partial charge is 0.122 e. The van der Waals surface area contributed by atoms with Crippen molar-refractivity contribution in [3.8, 4) is 5.75 Å². The Morgan fingerprint density at radius 3 is 2.71 bits per heavy atom. The number of likely N-dealkylation sites (N-methyl/N-ethyl adjacent to an activating group) is 1. The number of ether oxygens (including phenoxy) is 1. The third-order valence-electron chi connectivity index (χ3n) is 2.57. The van der Waals surface area contributed by atoms with E-state index in [1.54, 1.807) is 0 Å². The van der Waals surface area contributed by atoms with Gasteiger partial charge in [0.25, 0.3) is 0 Å². The molecule has 0 heterocycles. The predicted octanol–water partition coefficient (Wildman–Crippen LogP) is 3.27. The number of rotatable bonds is 6. The Hall–Kier alpha value is -0.990. The van der Waals surface area contributed by atoms with Crippen LogP contribution < -0.4 is 10.1 Å². The minimum Gasteiger partial charge on any atom is -0.489 e. The van der Waals surface area contributed by atoms with Gasteiger partial charge in [-0.1, -0.05) is 31.2 Å². The first-order valence-electron chi connectivity index (χ1n) is 5.80. The van der Waals surface area contributed by atoms with E-state index in [0.29, 0.717) is 6.61 Å². The minimum atomic E-state index is 0. The van der Waals surface area contributed by atoms with Gasteiger partial charge in [0.1, 0.15) is 12.4 Å². The molecule has 0 spiro atoms. The van der Waals surface area contributed by atoms with Crippen LogP contribution in [0.3, 0.4) is 0 Å². The van der Waals surface area contributed by atoms with Crippen LogP contribution in [-0.4, -0.2) is 19.7 Å². The molecule has 0 saturated heterocycles. The van der Waals surface area contributed by atoms with Gasteiger partial charge in [-0.25, -0.2) is 0 Å². The van der Waals surface area contributed by atoms with Gasteiger partial charge >= 0.3 is 0 Å². The van der Waals surface area contributed by atoms with E-state index in [1.807, 2.05) is 18.2 Å². The Bertz CT molecular complexity index is 350. The maximum absolute atomic E-state index is 5.68. The first kappa shape index (κ1) is 16.0. The molecule has 0 aliphatic carbocycles. The summed E-state index contributed by atoms with van der Waals surface area (Å²) in [5.41, 5.74) is 2.50. The van der Waals surface area contributed by atoms with Gasteiger partial charge in [-0.15, -0.1) is 12.4 Å². The summed E-state index contributed by atoms with van der Waals surface area (Å²) in [4.78, 5) is 0. The minimum absolute atomic E-state index is 0. The molecule has 0 atom stereocenters. The summed E-state index contributed by atoms with van der Waals surface area (Å²) in [5.74, 6) is 0.980. The van der Waals surface area contributed by atoms with Crippen LogP contribution in [0.15, 0.2) is 30.4 Å². The van der Waals surface area contributed by atoms with Gasteiger partial charge in [0.05, 0.1) is 0 Å². The molecule has 0 bridgehead atoms. The van der Waals surface area contributed by atoms with Crippen molar-refractivity contribution < 1.29 is 4.74 Å². The number of nitrogens with one attached hydrogen (secondary N) is 1. The SMILES string of the molecule is CCNC/C=C/COc1cccc(C)c1C.Cl. The van der Waals surface area contributed by atoms with Gasteiger partial charge in [0.15, 0.2) is 0 Å². The van der Waals surface area contributed by atoms with Crippen LogP contribution in [-0.2, 0) is 0 Å². The van der Waals surface area contributed by atoms with Crippen molar-refractivity contribution in [2.24, 2.45) is 0 Å². The van der Waals surface area contributed by atoms with Crippen molar-refractivity contribution in [3.05, 3.63) is 41.5 Å². The van der Waals surface area contributed by atoms with Crippen molar-refractivity contribution >= 4 is 12.4 Å². The van der Waals surface area contributed by atoms with Gasteiger partial charge in [0, 0.05) is 6.54 Å². The van der Waals surface area contributed by atoms with Crippen LogP contribution in [0.1, 0.15) is 18.1 Å². The van der Waals surface area contributed by atoms with E-state index in [0.717, 1.165) is 18.8 Å². The molecule has 0 aromatic heterocycles. The highest BCUT2D eigenvalue weighted by molar-refractivity contribution is 5.85. The normalized spacial score (nSPS) is 10.3. The Labute approximate surface area is 110 Å². The maximum Gasteiger partial charge on any atom is 0.122 e. The molecule has 96 valence electrons. The van der Waals surface area contributed by atoms with Crippen molar-refractivity contribution in [1.29, 1.82) is 0 Å². The molecule has 3 heteroatoms. The highest BCUT2D eigenvalue weighted by Gasteiger charge is 1.99. The van der Waals surface area contributed by atoms with E-state index in [1.165, 1.54) is 11.1 Å². The topological polar surface area (TPSA) is 21.3 Å². The fourth-order valence-corrected chi connectivity index (χ4v) is 1.40. The molecule has 2 nitrogen and oxygen atoms in total. The molecule has 0 radical (unpaired) electrons. The number of benzene rings is 1. The van der Waals surface area contributed by atoms with Gasteiger partial charge in [0.2, 0.25) is 0 Å². The Kier molecular flexibility index (Phi) is 8.55. The molecule has 0 unspecified atom stereocenters. The molecular formula is C14H22ClNO. The quantitative estimate of drug-likeness (QED) is 0.622. The fourth-order valence-electron chi connectivity index (χ4n) is 1.40. The van der Waals surface area contributed by atoms with Crippen LogP contribution in [0.2, 0.25) is 0 Å². The Morgan fingerprint density at radius 2 is 2.00 bits per heavy atom. The van der Waals surface area contributed by atoms with Gasteiger partial charge < -0.3 is 10.1 Å². The number of hydrogen-bond acceptors (Lipinski definition) is 2. The predicted molar refractivity (Wildman–Crippen MR) is 76.3 cm³/mol. The third-order valence-corrected chi connectivity index (χ3v) is 2.57. The molecule has 0 saturated carbocycles. The summed E-state index contributed by atoms with van der Waals surface area (Å²) < 4.78 is 5.68. The van der Waals surface area contributed by atoms with E-state index in [4.69, 9.17) is 4.74 Å². The first-order chi connectivity index (χ1) is 7.75. The average molecular weight is 256 g/mol. The Balaban J connectivity index is 0.00000256. The van der Waals surface area contributed by atoms with Crippen LogP contribution in [0, 0.1) is 13.8 Å². The Morgan fingerprint density at radius 1 is 1.24 bits per heavy atom. The van der Waals surface area contributed by atoms with Crippen molar-refractivity contribution in [2.45, 2.75) is 20.8 Å². The maximum atomic E-state index is 5.68. The van der Waals surface area contributed by atoms with Crippen molar-refractivity contribution in [1.82, 2.24) is 5.32 Å². The standard InChI is InChI=1S/C14H21NO.ClH/c1-4-15-10-5-6-11-16-14-9-7-8-12(2)13(14)3;/h5-9,15H,4,10-11H2,1-3H3;1H/b6-5+;. The summed E-state index contributed by atoms with van der Waals surface area (Å²) >= 11 is 0. The second kappa shape index (κ2) is 9.08. The second-order valence-corrected chi connectivity index (χ2v) is 3.79. The molecule has 17 heavy (non-hydrogen) atoms. The van der Waals surface area contributed by atoms with Crippen LogP contribution in [0.4, 0.5) is 0 Å². The lowest BCUT2D eigenvalue weighted by Crippen LogP contribution is -2.11. The zero-order valence-corrected chi connectivity index (χ0v) is 11.6. The van der Waals surface area contributed by atoms with Crippen molar-refractivity contribution in [3.63, 3.8) is 0 Å². The van der Waals surface area contributed by atoms with E-state index >= 15 is 0 Å². The van der Waals surface area contributed by atoms with E-state index in [9.17, 15) is 0 Å². The lowest BCUT2D eigenvalue weighted by molar-refractivity contribution is 0.359. The van der Waals surface area contributed by atoms with Gasteiger partial charge in [-0.05, 0) is 37.6 Å². The van der Waals surface area contributed by atoms with E-state index in [-0.39, 0.29) is 12.4 Å². The zero-order chi connectivity index (χ0) is 11.8. The largest absolute Gasteiger partial charge is 0.489 e. The van der Waals surface area contributed by atoms with Crippen LogP contribution in [0.25, 0.3) is 0 Å². The second-order valence-electron chi connectivity index (χ2n) is 3.79. The summed E-state index contributed by atoms with van der Waals surface area (Å²) in [6, 6.07) is 6.14. The summed E-state index contributed by atoms with van der Waals surface area (Å²) in [6.07, 6.45) is 4.14. The van der Waals surface area contributed by atoms with Crippen LogP contribution in [0.5, 0.6) is 5.75 Å². The monoisotopic (exact) mass is 255 g/mol. The highest BCUT2D eigenvalue weighted by atomic mass is 35.5. The highest BCUT2D eigenvalue weighted by Crippen LogP contribution is 2.20. The molecule has 1 aromatic rings. The number of halogens is 1. The third kappa shape index (κ3) is 5.76. The summed E-state index contributed by atoms with van der Waals surface area (Å²) in [6.45, 7) is 8.83.